The molecule has 0 aliphatic rings. The molecule has 0 saturated carbocycles. The lowest BCUT2D eigenvalue weighted by molar-refractivity contribution is -0.141. The highest BCUT2D eigenvalue weighted by Crippen LogP contribution is 2.08. The van der Waals surface area contributed by atoms with Crippen LogP contribution in [-0.4, -0.2) is 33.0 Å². The van der Waals surface area contributed by atoms with Gasteiger partial charge in [-0.25, -0.2) is 9.78 Å². The monoisotopic (exact) mass is 309 g/mol. The Labute approximate surface area is 131 Å². The lowest BCUT2D eigenvalue weighted by atomic mass is 10.1. The number of unbranched alkanes of at least 4 members (excludes halogenated alkanes) is 6. The molecule has 0 radical (unpaired) electrons. The van der Waals surface area contributed by atoms with Crippen molar-refractivity contribution in [3.63, 3.8) is 0 Å². The van der Waals surface area contributed by atoms with Crippen LogP contribution in [0.2, 0.25) is 0 Å². The molecule has 0 aliphatic carbocycles. The summed E-state index contributed by atoms with van der Waals surface area (Å²) in [6.45, 7) is 2.19. The van der Waals surface area contributed by atoms with E-state index >= 15 is 0 Å². The van der Waals surface area contributed by atoms with Crippen LogP contribution in [0.3, 0.4) is 0 Å². The third kappa shape index (κ3) is 7.81. The molecule has 0 unspecified atom stereocenters. The van der Waals surface area contributed by atoms with Crippen molar-refractivity contribution in [2.45, 2.75) is 70.8 Å². The molecule has 3 N–H and O–H groups in total. The van der Waals surface area contributed by atoms with Crippen molar-refractivity contribution in [2.75, 3.05) is 0 Å². The summed E-state index contributed by atoms with van der Waals surface area (Å²) in [5.41, 5.74) is 0.628. The van der Waals surface area contributed by atoms with E-state index in [4.69, 9.17) is 5.11 Å². The molecule has 22 heavy (non-hydrogen) atoms. The Morgan fingerprint density at radius 1 is 1.23 bits per heavy atom. The molecule has 0 bridgehead atoms. The van der Waals surface area contributed by atoms with Crippen LogP contribution in [0.5, 0.6) is 0 Å². The fourth-order valence-electron chi connectivity index (χ4n) is 2.32. The van der Waals surface area contributed by atoms with E-state index in [2.05, 4.69) is 22.2 Å². The van der Waals surface area contributed by atoms with E-state index in [9.17, 15) is 9.59 Å². The lowest BCUT2D eigenvalue weighted by Crippen LogP contribution is -2.42. The van der Waals surface area contributed by atoms with Crippen LogP contribution in [0.25, 0.3) is 0 Å². The summed E-state index contributed by atoms with van der Waals surface area (Å²) in [6.07, 6.45) is 11.7. The van der Waals surface area contributed by atoms with Crippen LogP contribution < -0.4 is 5.32 Å². The molecule has 0 aromatic carbocycles. The maximum Gasteiger partial charge on any atom is 0.326 e. The second-order valence-corrected chi connectivity index (χ2v) is 5.59. The van der Waals surface area contributed by atoms with E-state index in [1.165, 1.54) is 32.0 Å². The molecular weight excluding hydrogens is 282 g/mol. The minimum Gasteiger partial charge on any atom is -0.480 e. The van der Waals surface area contributed by atoms with E-state index < -0.39 is 12.0 Å². The van der Waals surface area contributed by atoms with Gasteiger partial charge in [0.15, 0.2) is 0 Å². The molecule has 1 rings (SSSR count). The van der Waals surface area contributed by atoms with Gasteiger partial charge in [-0.3, -0.25) is 4.79 Å². The van der Waals surface area contributed by atoms with E-state index in [1.807, 2.05) is 0 Å². The number of hydrogen-bond donors (Lipinski definition) is 3. The summed E-state index contributed by atoms with van der Waals surface area (Å²) in [5.74, 6) is -1.23. The average molecular weight is 309 g/mol. The number of carbonyl (C=O) groups excluding carboxylic acids is 1. The molecule has 1 heterocycles. The number of carbonyl (C=O) groups is 2. The van der Waals surface area contributed by atoms with E-state index in [-0.39, 0.29) is 12.3 Å². The van der Waals surface area contributed by atoms with Gasteiger partial charge in [0, 0.05) is 19.0 Å². The van der Waals surface area contributed by atoms with Crippen LogP contribution in [0, 0.1) is 0 Å². The van der Waals surface area contributed by atoms with Gasteiger partial charge in [-0.1, -0.05) is 45.4 Å². The summed E-state index contributed by atoms with van der Waals surface area (Å²) in [7, 11) is 0. The van der Waals surface area contributed by atoms with Gasteiger partial charge in [-0.2, -0.15) is 0 Å². The number of carboxylic acids is 1. The molecule has 1 atom stereocenters. The molecule has 0 saturated heterocycles. The second kappa shape index (κ2) is 10.8. The fourth-order valence-corrected chi connectivity index (χ4v) is 2.32. The van der Waals surface area contributed by atoms with Crippen molar-refractivity contribution in [3.8, 4) is 0 Å². The Kier molecular flexibility index (Phi) is 8.95. The first kappa shape index (κ1) is 18.2. The topological polar surface area (TPSA) is 95.1 Å². The minimum absolute atomic E-state index is 0.196. The van der Waals surface area contributed by atoms with Crippen molar-refractivity contribution in [2.24, 2.45) is 0 Å². The molecule has 1 aromatic heterocycles. The van der Waals surface area contributed by atoms with Crippen molar-refractivity contribution in [1.82, 2.24) is 15.3 Å². The van der Waals surface area contributed by atoms with Gasteiger partial charge in [-0.05, 0) is 6.42 Å². The molecular formula is C16H27N3O3. The summed E-state index contributed by atoms with van der Waals surface area (Å²) in [4.78, 5) is 29.8. The molecule has 124 valence electrons. The standard InChI is InChI=1S/C16H27N3O3/c1-2-3-4-5-6-7-8-9-15(20)19-14(16(21)22)10-13-11-17-12-18-13/h11-12,14H,2-10H2,1H3,(H,17,18)(H,19,20)(H,21,22)/t14-/m0/s1. The van der Waals surface area contributed by atoms with Crippen molar-refractivity contribution in [3.05, 3.63) is 18.2 Å². The van der Waals surface area contributed by atoms with Gasteiger partial charge >= 0.3 is 5.97 Å². The molecule has 1 aromatic rings. The zero-order chi connectivity index (χ0) is 16.2. The quantitative estimate of drug-likeness (QED) is 0.517. The Hall–Kier alpha value is -1.85. The van der Waals surface area contributed by atoms with E-state index in [0.29, 0.717) is 12.1 Å². The van der Waals surface area contributed by atoms with Crippen molar-refractivity contribution >= 4 is 11.9 Å². The van der Waals surface area contributed by atoms with Gasteiger partial charge in [0.05, 0.1) is 12.0 Å². The van der Waals surface area contributed by atoms with Gasteiger partial charge < -0.3 is 15.4 Å². The largest absolute Gasteiger partial charge is 0.480 e. The van der Waals surface area contributed by atoms with Gasteiger partial charge in [-0.15, -0.1) is 0 Å². The highest BCUT2D eigenvalue weighted by molar-refractivity contribution is 5.83. The number of aromatic amines is 1. The number of aliphatic carboxylic acids is 1. The van der Waals surface area contributed by atoms with Crippen LogP contribution in [0.1, 0.15) is 64.0 Å². The zero-order valence-corrected chi connectivity index (χ0v) is 13.3. The number of H-pyrrole nitrogens is 1. The Morgan fingerprint density at radius 3 is 2.50 bits per heavy atom. The summed E-state index contributed by atoms with van der Waals surface area (Å²) >= 11 is 0. The number of hydrogen-bond acceptors (Lipinski definition) is 3. The van der Waals surface area contributed by atoms with E-state index in [0.717, 1.165) is 19.3 Å². The lowest BCUT2D eigenvalue weighted by Gasteiger charge is -2.13. The van der Waals surface area contributed by atoms with E-state index in [1.54, 1.807) is 6.20 Å². The van der Waals surface area contributed by atoms with Crippen LogP contribution in [0.15, 0.2) is 12.5 Å². The van der Waals surface area contributed by atoms with Gasteiger partial charge in [0.25, 0.3) is 0 Å². The minimum atomic E-state index is -1.03. The first-order valence-electron chi connectivity index (χ1n) is 8.13. The highest BCUT2D eigenvalue weighted by atomic mass is 16.4. The SMILES string of the molecule is CCCCCCCCCC(=O)N[C@@H](Cc1c[nH]cn1)C(=O)O. The maximum atomic E-state index is 11.8. The number of carboxylic acid groups (broad SMARTS) is 1. The number of nitrogens with zero attached hydrogens (tertiary/aromatic N) is 1. The highest BCUT2D eigenvalue weighted by Gasteiger charge is 2.20. The predicted octanol–water partition coefficient (Wildman–Crippen LogP) is 2.66. The summed E-state index contributed by atoms with van der Waals surface area (Å²) in [6, 6.07) is -0.916. The Morgan fingerprint density at radius 2 is 1.91 bits per heavy atom. The molecule has 0 fully saturated rings. The van der Waals surface area contributed by atoms with Crippen molar-refractivity contribution in [1.29, 1.82) is 0 Å². The molecule has 6 heteroatoms. The van der Waals surface area contributed by atoms with Gasteiger partial charge in [0.2, 0.25) is 5.91 Å². The average Bonchev–Trinajstić information content (AvgIpc) is 2.98. The molecule has 1 amide bonds. The van der Waals surface area contributed by atoms with Crippen molar-refractivity contribution < 1.29 is 14.7 Å². The number of imidazole rings is 1. The normalized spacial score (nSPS) is 12.0. The third-order valence-electron chi connectivity index (χ3n) is 3.61. The van der Waals surface area contributed by atoms with Crippen LogP contribution >= 0.6 is 0 Å². The number of rotatable bonds is 12. The number of amides is 1. The fraction of sp³-hybridized carbons (Fsp3) is 0.688. The second-order valence-electron chi connectivity index (χ2n) is 5.59. The first-order chi connectivity index (χ1) is 10.6. The molecule has 6 nitrogen and oxygen atoms in total. The maximum absolute atomic E-state index is 11.8. The van der Waals surface area contributed by atoms with Crippen LogP contribution in [0.4, 0.5) is 0 Å². The van der Waals surface area contributed by atoms with Crippen LogP contribution in [-0.2, 0) is 16.0 Å². The Balaban J connectivity index is 2.19. The predicted molar refractivity (Wildman–Crippen MR) is 84.5 cm³/mol. The number of aromatic nitrogens is 2. The zero-order valence-electron chi connectivity index (χ0n) is 13.3. The third-order valence-corrected chi connectivity index (χ3v) is 3.61. The molecule has 0 spiro atoms. The first-order valence-corrected chi connectivity index (χ1v) is 8.13. The molecule has 0 aliphatic heterocycles. The summed E-state index contributed by atoms with van der Waals surface area (Å²) < 4.78 is 0. The van der Waals surface area contributed by atoms with Gasteiger partial charge in [0.1, 0.15) is 6.04 Å². The number of nitrogens with one attached hydrogen (secondary N) is 2. The summed E-state index contributed by atoms with van der Waals surface area (Å²) in [5, 5.41) is 11.7. The Bertz CT molecular complexity index is 432. The smallest absolute Gasteiger partial charge is 0.326 e.